The van der Waals surface area contributed by atoms with E-state index in [9.17, 15) is 0 Å². The van der Waals surface area contributed by atoms with E-state index < -0.39 is 0 Å². The number of halogens is 1. The molecule has 0 unspecified atom stereocenters. The van der Waals surface area contributed by atoms with Crippen LogP contribution >= 0.6 is 11.6 Å². The molecule has 0 amide bonds. The van der Waals surface area contributed by atoms with E-state index in [4.69, 9.17) is 11.6 Å². The number of aromatic nitrogens is 2. The fraction of sp³-hybridized carbons (Fsp3) is 0.250. The van der Waals surface area contributed by atoms with Crippen molar-refractivity contribution in [3.63, 3.8) is 0 Å². The summed E-state index contributed by atoms with van der Waals surface area (Å²) in [5.41, 5.74) is 2.25. The van der Waals surface area contributed by atoms with Crippen LogP contribution in [0.4, 0.5) is 5.69 Å². The molecule has 0 bridgehead atoms. The maximum atomic E-state index is 5.81. The van der Waals surface area contributed by atoms with E-state index in [2.05, 4.69) is 40.1 Å². The lowest BCUT2D eigenvalue weighted by molar-refractivity contribution is 0.724. The van der Waals surface area contributed by atoms with E-state index >= 15 is 0 Å². The molecule has 0 radical (unpaired) electrons. The second-order valence-electron chi connectivity index (χ2n) is 3.51. The summed E-state index contributed by atoms with van der Waals surface area (Å²) >= 11 is 5.81. The Morgan fingerprint density at radius 2 is 2.31 bits per heavy atom. The van der Waals surface area contributed by atoms with Crippen molar-refractivity contribution < 1.29 is 0 Å². The largest absolute Gasteiger partial charge is 0.379 e. The zero-order valence-electron chi connectivity index (χ0n) is 9.15. The summed E-state index contributed by atoms with van der Waals surface area (Å²) in [6.07, 6.45) is 3.78. The molecule has 0 atom stereocenters. The maximum Gasteiger partial charge on any atom is 0.131 e. The van der Waals surface area contributed by atoms with Gasteiger partial charge in [-0.3, -0.25) is 0 Å². The second-order valence-corrected chi connectivity index (χ2v) is 3.89. The summed E-state index contributed by atoms with van der Waals surface area (Å²) in [6, 6.07) is 7.89. The minimum atomic E-state index is 0.510. The van der Waals surface area contributed by atoms with Gasteiger partial charge in [0.05, 0.1) is 6.54 Å². The fourth-order valence-electron chi connectivity index (χ4n) is 1.62. The third-order valence-electron chi connectivity index (χ3n) is 2.46. The molecule has 16 heavy (non-hydrogen) atoms. The Kier molecular flexibility index (Phi) is 3.47. The van der Waals surface area contributed by atoms with Gasteiger partial charge in [-0.25, -0.2) is 4.98 Å². The summed E-state index contributed by atoms with van der Waals surface area (Å²) in [4.78, 5) is 3.94. The predicted octanol–water partition coefficient (Wildman–Crippen LogP) is 3.17. The van der Waals surface area contributed by atoms with Gasteiger partial charge in [0.1, 0.15) is 5.15 Å². The molecule has 1 N–H and O–H groups in total. The topological polar surface area (TPSA) is 29.9 Å². The van der Waals surface area contributed by atoms with E-state index in [-0.39, 0.29) is 0 Å². The van der Waals surface area contributed by atoms with Crippen LogP contribution in [-0.4, -0.2) is 9.55 Å². The molecule has 0 saturated heterocycles. The molecule has 0 saturated carbocycles. The molecule has 2 heterocycles. The van der Waals surface area contributed by atoms with Crippen LogP contribution in [0.25, 0.3) is 0 Å². The average molecular weight is 236 g/mol. The molecule has 0 fully saturated rings. The number of hydrogen-bond acceptors (Lipinski definition) is 2. The molecule has 0 aliphatic carbocycles. The Hall–Kier alpha value is -1.48. The van der Waals surface area contributed by atoms with Crippen molar-refractivity contribution in [2.75, 3.05) is 5.32 Å². The summed E-state index contributed by atoms with van der Waals surface area (Å²) in [5.74, 6) is 0. The lowest BCUT2D eigenvalue weighted by Crippen LogP contribution is -2.05. The first-order valence-electron chi connectivity index (χ1n) is 5.29. The van der Waals surface area contributed by atoms with Crippen LogP contribution in [0.5, 0.6) is 0 Å². The van der Waals surface area contributed by atoms with Crippen molar-refractivity contribution in [1.29, 1.82) is 0 Å². The molecular formula is C12H14ClN3. The minimum Gasteiger partial charge on any atom is -0.379 e. The molecule has 2 aromatic rings. The number of pyridine rings is 1. The molecule has 0 aromatic carbocycles. The first-order valence-corrected chi connectivity index (χ1v) is 5.67. The second kappa shape index (κ2) is 5.03. The third-order valence-corrected chi connectivity index (χ3v) is 2.67. The number of hydrogen-bond donors (Lipinski definition) is 1. The van der Waals surface area contributed by atoms with Gasteiger partial charge in [-0.2, -0.15) is 0 Å². The SMILES string of the molecule is CCn1cccc1CNc1ccnc(Cl)c1. The van der Waals surface area contributed by atoms with Gasteiger partial charge in [0.2, 0.25) is 0 Å². The first-order chi connectivity index (χ1) is 7.79. The van der Waals surface area contributed by atoms with Crippen molar-refractivity contribution in [2.24, 2.45) is 0 Å². The number of nitrogens with zero attached hydrogens (tertiary/aromatic N) is 2. The van der Waals surface area contributed by atoms with Gasteiger partial charge >= 0.3 is 0 Å². The summed E-state index contributed by atoms with van der Waals surface area (Å²) in [6.45, 7) is 3.91. The molecule has 3 nitrogen and oxygen atoms in total. The molecular weight excluding hydrogens is 222 g/mol. The third kappa shape index (κ3) is 2.55. The highest BCUT2D eigenvalue weighted by Crippen LogP contribution is 2.13. The fourth-order valence-corrected chi connectivity index (χ4v) is 1.80. The zero-order valence-corrected chi connectivity index (χ0v) is 9.91. The number of nitrogens with one attached hydrogen (secondary N) is 1. The van der Waals surface area contributed by atoms with Crippen LogP contribution < -0.4 is 5.32 Å². The van der Waals surface area contributed by atoms with Crippen LogP contribution in [0.3, 0.4) is 0 Å². The minimum absolute atomic E-state index is 0.510. The smallest absolute Gasteiger partial charge is 0.131 e. The highest BCUT2D eigenvalue weighted by Gasteiger charge is 1.99. The predicted molar refractivity (Wildman–Crippen MR) is 66.7 cm³/mol. The van der Waals surface area contributed by atoms with Crippen molar-refractivity contribution >= 4 is 17.3 Å². The van der Waals surface area contributed by atoms with Gasteiger partial charge in [-0.15, -0.1) is 0 Å². The van der Waals surface area contributed by atoms with E-state index in [0.29, 0.717) is 5.15 Å². The van der Waals surface area contributed by atoms with Crippen molar-refractivity contribution in [1.82, 2.24) is 9.55 Å². The number of anilines is 1. The summed E-state index contributed by atoms with van der Waals surface area (Å²) < 4.78 is 2.20. The average Bonchev–Trinajstić information content (AvgIpc) is 2.74. The van der Waals surface area contributed by atoms with Crippen LogP contribution in [0.1, 0.15) is 12.6 Å². The maximum absolute atomic E-state index is 5.81. The van der Waals surface area contributed by atoms with E-state index in [0.717, 1.165) is 18.8 Å². The quantitative estimate of drug-likeness (QED) is 0.825. The lowest BCUT2D eigenvalue weighted by atomic mass is 10.3. The zero-order chi connectivity index (χ0) is 11.4. The van der Waals surface area contributed by atoms with Crippen LogP contribution in [0, 0.1) is 0 Å². The van der Waals surface area contributed by atoms with Gasteiger partial charge in [0.15, 0.2) is 0 Å². The normalized spacial score (nSPS) is 10.4. The van der Waals surface area contributed by atoms with Gasteiger partial charge in [0.25, 0.3) is 0 Å². The van der Waals surface area contributed by atoms with Gasteiger partial charge < -0.3 is 9.88 Å². The van der Waals surface area contributed by atoms with Crippen molar-refractivity contribution in [3.8, 4) is 0 Å². The Morgan fingerprint density at radius 3 is 3.06 bits per heavy atom. The standard InChI is InChI=1S/C12H14ClN3/c1-2-16-7-3-4-11(16)9-15-10-5-6-14-12(13)8-10/h3-8H,2,9H2,1H3,(H,14,15). The Bertz CT molecular complexity index is 465. The van der Waals surface area contributed by atoms with Crippen LogP contribution in [-0.2, 0) is 13.1 Å². The van der Waals surface area contributed by atoms with Crippen molar-refractivity contribution in [3.05, 3.63) is 47.5 Å². The summed E-state index contributed by atoms with van der Waals surface area (Å²) in [7, 11) is 0. The van der Waals surface area contributed by atoms with E-state index in [1.807, 2.05) is 12.1 Å². The van der Waals surface area contributed by atoms with Crippen LogP contribution in [0.2, 0.25) is 5.15 Å². The molecule has 0 aliphatic heterocycles. The van der Waals surface area contributed by atoms with Gasteiger partial charge in [0, 0.05) is 30.3 Å². The Morgan fingerprint density at radius 1 is 1.44 bits per heavy atom. The van der Waals surface area contributed by atoms with E-state index in [1.54, 1.807) is 6.20 Å². The van der Waals surface area contributed by atoms with Crippen LogP contribution in [0.15, 0.2) is 36.7 Å². The highest BCUT2D eigenvalue weighted by atomic mass is 35.5. The van der Waals surface area contributed by atoms with E-state index in [1.165, 1.54) is 5.69 Å². The van der Waals surface area contributed by atoms with Gasteiger partial charge in [-0.05, 0) is 31.2 Å². The van der Waals surface area contributed by atoms with Gasteiger partial charge in [-0.1, -0.05) is 11.6 Å². The molecule has 0 aliphatic rings. The molecule has 2 rings (SSSR count). The summed E-state index contributed by atoms with van der Waals surface area (Å²) in [5, 5.41) is 3.83. The number of rotatable bonds is 4. The molecule has 0 spiro atoms. The molecule has 84 valence electrons. The Labute approximate surface area is 100 Å². The monoisotopic (exact) mass is 235 g/mol. The lowest BCUT2D eigenvalue weighted by Gasteiger charge is -2.09. The Balaban J connectivity index is 2.02. The first kappa shape index (κ1) is 11.0. The number of aryl methyl sites for hydroxylation is 1. The molecule has 2 aromatic heterocycles. The molecule has 4 heteroatoms. The highest BCUT2D eigenvalue weighted by molar-refractivity contribution is 6.29. The van der Waals surface area contributed by atoms with Crippen molar-refractivity contribution in [2.45, 2.75) is 20.0 Å².